The molecule has 1 aromatic heterocycles. The van der Waals surface area contributed by atoms with E-state index in [0.29, 0.717) is 22.8 Å². The van der Waals surface area contributed by atoms with E-state index >= 15 is 0 Å². The van der Waals surface area contributed by atoms with E-state index in [2.05, 4.69) is 10.4 Å². The minimum absolute atomic E-state index is 0.0105. The van der Waals surface area contributed by atoms with Crippen LogP contribution < -0.4 is 15.8 Å². The van der Waals surface area contributed by atoms with Crippen molar-refractivity contribution in [2.75, 3.05) is 5.32 Å². The van der Waals surface area contributed by atoms with E-state index in [1.54, 1.807) is 18.2 Å². The number of fused-ring (bicyclic) bond motifs is 1. The molecular weight excluding hydrogens is 354 g/mol. The fourth-order valence-corrected chi connectivity index (χ4v) is 3.00. The predicted octanol–water partition coefficient (Wildman–Crippen LogP) is 3.93. The Labute approximate surface area is 164 Å². The Morgan fingerprint density at radius 3 is 2.71 bits per heavy atom. The van der Waals surface area contributed by atoms with Crippen molar-refractivity contribution >= 4 is 34.0 Å². The van der Waals surface area contributed by atoms with Crippen LogP contribution >= 0.6 is 0 Å². The average molecular weight is 379 g/mol. The summed E-state index contributed by atoms with van der Waals surface area (Å²) in [7, 11) is 1.90. The third-order valence-electron chi connectivity index (χ3n) is 4.33. The van der Waals surface area contributed by atoms with Gasteiger partial charge in [0.05, 0.1) is 29.2 Å². The molecule has 0 bridgehead atoms. The molecule has 0 fully saturated rings. The molecule has 3 rings (SSSR count). The second-order valence-electron chi connectivity index (χ2n) is 7.00. The first-order valence-electron chi connectivity index (χ1n) is 9.10. The van der Waals surface area contributed by atoms with Crippen LogP contribution in [0.4, 0.5) is 11.4 Å². The fourth-order valence-electron chi connectivity index (χ4n) is 3.00. The molecule has 146 valence electrons. The summed E-state index contributed by atoms with van der Waals surface area (Å²) >= 11 is 0. The summed E-state index contributed by atoms with van der Waals surface area (Å²) in [4.78, 5) is 16.3. The third-order valence-corrected chi connectivity index (χ3v) is 4.33. The molecule has 0 radical (unpaired) electrons. The lowest BCUT2D eigenvalue weighted by atomic mass is 10.1. The van der Waals surface area contributed by atoms with Gasteiger partial charge >= 0.3 is 0 Å². The molecule has 7 nitrogen and oxygen atoms in total. The van der Waals surface area contributed by atoms with E-state index in [-0.39, 0.29) is 6.10 Å². The van der Waals surface area contributed by atoms with Gasteiger partial charge in [-0.3, -0.25) is 9.48 Å². The summed E-state index contributed by atoms with van der Waals surface area (Å²) in [6.07, 6.45) is 1.80. The number of ether oxygens (including phenoxy) is 1. The van der Waals surface area contributed by atoms with Gasteiger partial charge in [-0.25, -0.2) is 4.99 Å². The van der Waals surface area contributed by atoms with Gasteiger partial charge in [0.15, 0.2) is 0 Å². The van der Waals surface area contributed by atoms with Gasteiger partial charge in [-0.1, -0.05) is 6.07 Å². The number of benzene rings is 2. The Morgan fingerprint density at radius 1 is 1.29 bits per heavy atom. The summed E-state index contributed by atoms with van der Waals surface area (Å²) in [6.45, 7) is 7.77. The number of aliphatic imine (C=N–C) groups is 1. The van der Waals surface area contributed by atoms with Crippen molar-refractivity contribution in [1.29, 1.82) is 0 Å². The van der Waals surface area contributed by atoms with Crippen molar-refractivity contribution in [2.24, 2.45) is 17.8 Å². The third kappa shape index (κ3) is 3.98. The van der Waals surface area contributed by atoms with Crippen LogP contribution in [0.2, 0.25) is 0 Å². The van der Waals surface area contributed by atoms with Crippen LogP contribution in [0.15, 0.2) is 41.5 Å². The number of aromatic nitrogens is 2. The van der Waals surface area contributed by atoms with Gasteiger partial charge in [0, 0.05) is 18.0 Å². The van der Waals surface area contributed by atoms with E-state index in [1.165, 1.54) is 0 Å². The normalized spacial score (nSPS) is 11.9. The number of nitrogens with zero attached hydrogens (tertiary/aromatic N) is 3. The van der Waals surface area contributed by atoms with Crippen molar-refractivity contribution in [3.63, 3.8) is 0 Å². The van der Waals surface area contributed by atoms with Crippen LogP contribution in [-0.4, -0.2) is 27.6 Å². The Morgan fingerprint density at radius 2 is 2.04 bits per heavy atom. The summed E-state index contributed by atoms with van der Waals surface area (Å²) < 4.78 is 7.67. The van der Waals surface area contributed by atoms with Gasteiger partial charge in [-0.2, -0.15) is 5.10 Å². The zero-order chi connectivity index (χ0) is 20.4. The van der Waals surface area contributed by atoms with Gasteiger partial charge in [0.25, 0.3) is 0 Å². The maximum Gasteiger partial charge on any atom is 0.248 e. The molecule has 28 heavy (non-hydrogen) atoms. The molecule has 1 amide bonds. The topological polar surface area (TPSA) is 94.5 Å². The van der Waals surface area contributed by atoms with Gasteiger partial charge in [0.1, 0.15) is 11.6 Å². The molecule has 7 heteroatoms. The van der Waals surface area contributed by atoms with Crippen LogP contribution in [0.3, 0.4) is 0 Å². The van der Waals surface area contributed by atoms with Crippen molar-refractivity contribution < 1.29 is 9.53 Å². The van der Waals surface area contributed by atoms with Gasteiger partial charge in [0.2, 0.25) is 5.91 Å². The second kappa shape index (κ2) is 7.72. The van der Waals surface area contributed by atoms with Gasteiger partial charge in [-0.15, -0.1) is 0 Å². The Hall–Kier alpha value is -3.35. The fraction of sp³-hybridized carbons (Fsp3) is 0.286. The number of amides is 1. The summed E-state index contributed by atoms with van der Waals surface area (Å²) in [5.41, 5.74) is 9.38. The van der Waals surface area contributed by atoms with Gasteiger partial charge < -0.3 is 15.8 Å². The smallest absolute Gasteiger partial charge is 0.248 e. The lowest BCUT2D eigenvalue weighted by Gasteiger charge is -2.16. The molecule has 0 aliphatic heterocycles. The number of nitrogens with two attached hydrogens (primary N) is 1. The molecule has 0 aliphatic carbocycles. The number of nitrogens with one attached hydrogen (secondary N) is 1. The summed E-state index contributed by atoms with van der Waals surface area (Å²) in [6, 6.07) is 9.12. The number of amidine groups is 1. The highest BCUT2D eigenvalue weighted by molar-refractivity contribution is 6.02. The first-order valence-corrected chi connectivity index (χ1v) is 9.10. The van der Waals surface area contributed by atoms with Crippen molar-refractivity contribution in [3.05, 3.63) is 47.7 Å². The molecule has 1 heterocycles. The molecule has 3 aromatic rings. The lowest BCUT2D eigenvalue weighted by molar-refractivity contribution is 0.100. The molecule has 0 aliphatic rings. The minimum atomic E-state index is -0.496. The predicted molar refractivity (Wildman–Crippen MR) is 113 cm³/mol. The van der Waals surface area contributed by atoms with Crippen molar-refractivity contribution in [2.45, 2.75) is 33.8 Å². The Balaban J connectivity index is 2.01. The lowest BCUT2D eigenvalue weighted by Crippen LogP contribution is -2.15. The molecule has 0 saturated carbocycles. The second-order valence-corrected chi connectivity index (χ2v) is 7.00. The van der Waals surface area contributed by atoms with E-state index < -0.39 is 5.91 Å². The molecule has 2 aromatic carbocycles. The number of aryl methyl sites for hydroxylation is 2. The number of anilines is 1. The van der Waals surface area contributed by atoms with Crippen molar-refractivity contribution in [1.82, 2.24) is 9.78 Å². The summed E-state index contributed by atoms with van der Waals surface area (Å²) in [5, 5.41) is 8.55. The Kier molecular flexibility index (Phi) is 5.35. The van der Waals surface area contributed by atoms with Crippen LogP contribution in [-0.2, 0) is 7.05 Å². The van der Waals surface area contributed by atoms with E-state index in [4.69, 9.17) is 15.5 Å². The highest BCUT2D eigenvalue weighted by Gasteiger charge is 2.12. The quantitative estimate of drug-likeness (QED) is 0.519. The zero-order valence-corrected chi connectivity index (χ0v) is 16.8. The van der Waals surface area contributed by atoms with Gasteiger partial charge in [-0.05, 0) is 57.5 Å². The van der Waals surface area contributed by atoms with Crippen LogP contribution in [0.1, 0.15) is 36.7 Å². The van der Waals surface area contributed by atoms with E-state index in [1.807, 2.05) is 57.8 Å². The monoisotopic (exact) mass is 379 g/mol. The number of rotatable bonds is 5. The molecule has 0 saturated heterocycles. The molecule has 0 spiro atoms. The number of carbonyl (C=O) groups is 1. The molecule has 0 unspecified atom stereocenters. The minimum Gasteiger partial charge on any atom is -0.489 e. The van der Waals surface area contributed by atoms with E-state index in [0.717, 1.165) is 22.2 Å². The van der Waals surface area contributed by atoms with Crippen molar-refractivity contribution in [3.8, 4) is 5.75 Å². The zero-order valence-electron chi connectivity index (χ0n) is 16.8. The standard InChI is InChI=1S/C21H25N5O2/c1-12(2)28-19-9-7-15(21(22)27)10-17(19)24-14(4)25-20-13(3)6-8-18-16(20)11-23-26(18)5/h6-12H,1-5H3,(H2,22,27)(H,24,25). The molecular formula is C21H25N5O2. The van der Waals surface area contributed by atoms with Crippen LogP contribution in [0.25, 0.3) is 10.9 Å². The maximum atomic E-state index is 11.6. The highest BCUT2D eigenvalue weighted by Crippen LogP contribution is 2.31. The van der Waals surface area contributed by atoms with E-state index in [9.17, 15) is 4.79 Å². The number of hydrogen-bond donors (Lipinski definition) is 2. The first kappa shape index (κ1) is 19.4. The molecule has 0 atom stereocenters. The molecule has 3 N–H and O–H groups in total. The average Bonchev–Trinajstić information content (AvgIpc) is 2.99. The number of hydrogen-bond acceptors (Lipinski definition) is 4. The number of primary amides is 1. The number of carbonyl (C=O) groups excluding carboxylic acids is 1. The van der Waals surface area contributed by atoms with Crippen LogP contribution in [0, 0.1) is 6.92 Å². The highest BCUT2D eigenvalue weighted by atomic mass is 16.5. The maximum absolute atomic E-state index is 11.6. The van der Waals surface area contributed by atoms with Crippen LogP contribution in [0.5, 0.6) is 5.75 Å². The summed E-state index contributed by atoms with van der Waals surface area (Å²) in [5.74, 6) is 0.797. The first-order chi connectivity index (χ1) is 13.3. The SMILES string of the molecule is CC(=Nc1c(C)ccc2c1cnn2C)Nc1cc(C(N)=O)ccc1OC(C)C. The Bertz CT molecular complexity index is 1070. The largest absolute Gasteiger partial charge is 0.489 e.